The number of hydrogen-bond donors (Lipinski definition) is 1. The monoisotopic (exact) mass is 225 g/mol. The van der Waals surface area contributed by atoms with Gasteiger partial charge in [-0.3, -0.25) is 0 Å². The Labute approximate surface area is 94.9 Å². The van der Waals surface area contributed by atoms with Gasteiger partial charge in [0, 0.05) is 6.04 Å². The molecule has 1 saturated heterocycles. The molecule has 1 aliphatic heterocycles. The molecule has 1 N–H and O–H groups in total. The lowest BCUT2D eigenvalue weighted by atomic mass is 9.97. The van der Waals surface area contributed by atoms with Crippen LogP contribution in [0.2, 0.25) is 0 Å². The van der Waals surface area contributed by atoms with Crippen LogP contribution in [0.15, 0.2) is 24.3 Å². The summed E-state index contributed by atoms with van der Waals surface area (Å²) < 4.78 is 26.6. The average Bonchev–Trinajstić information content (AvgIpc) is 2.31. The number of nitrogens with one attached hydrogen (secondary N) is 1. The maximum absolute atomic E-state index is 13.9. The van der Waals surface area contributed by atoms with Crippen LogP contribution in [-0.2, 0) is 0 Å². The van der Waals surface area contributed by atoms with Gasteiger partial charge in [-0.1, -0.05) is 18.6 Å². The molecular weight excluding hydrogens is 208 g/mol. The standard InChI is InChI=1S/C13H17F2N/c14-11-6-4-10(5-7-11)13(15)9-12-3-1-2-8-16-12/h4-7,12-13,16H,1-3,8-9H2. The summed E-state index contributed by atoms with van der Waals surface area (Å²) in [6.45, 7) is 0.987. The minimum atomic E-state index is -0.990. The van der Waals surface area contributed by atoms with Gasteiger partial charge in [-0.25, -0.2) is 8.78 Å². The first-order chi connectivity index (χ1) is 7.75. The number of alkyl halides is 1. The average molecular weight is 225 g/mol. The van der Waals surface area contributed by atoms with Gasteiger partial charge in [-0.2, -0.15) is 0 Å². The van der Waals surface area contributed by atoms with E-state index in [1.54, 1.807) is 0 Å². The Bertz CT molecular complexity index is 317. The van der Waals surface area contributed by atoms with Crippen LogP contribution in [0.25, 0.3) is 0 Å². The molecule has 1 nitrogen and oxygen atoms in total. The maximum atomic E-state index is 13.9. The molecule has 0 bridgehead atoms. The van der Waals surface area contributed by atoms with Gasteiger partial charge in [0.25, 0.3) is 0 Å². The molecule has 16 heavy (non-hydrogen) atoms. The fourth-order valence-electron chi connectivity index (χ4n) is 2.18. The van der Waals surface area contributed by atoms with Gasteiger partial charge in [-0.15, -0.1) is 0 Å². The summed E-state index contributed by atoms with van der Waals surface area (Å²) in [5, 5.41) is 3.32. The van der Waals surface area contributed by atoms with E-state index >= 15 is 0 Å². The highest BCUT2D eigenvalue weighted by atomic mass is 19.1. The highest BCUT2D eigenvalue weighted by Gasteiger charge is 2.19. The predicted octanol–water partition coefficient (Wildman–Crippen LogP) is 3.37. The number of benzene rings is 1. The number of halogens is 2. The van der Waals surface area contributed by atoms with Crippen molar-refractivity contribution in [3.63, 3.8) is 0 Å². The summed E-state index contributed by atoms with van der Waals surface area (Å²) in [4.78, 5) is 0. The molecule has 3 heteroatoms. The van der Waals surface area contributed by atoms with Gasteiger partial charge in [0.05, 0.1) is 0 Å². The van der Waals surface area contributed by atoms with E-state index in [-0.39, 0.29) is 11.9 Å². The molecule has 1 aromatic carbocycles. The van der Waals surface area contributed by atoms with Crippen LogP contribution >= 0.6 is 0 Å². The van der Waals surface area contributed by atoms with Crippen LogP contribution < -0.4 is 5.32 Å². The Morgan fingerprint density at radius 1 is 1.25 bits per heavy atom. The molecule has 0 saturated carbocycles. The van der Waals surface area contributed by atoms with Gasteiger partial charge in [0.2, 0.25) is 0 Å². The van der Waals surface area contributed by atoms with Crippen LogP contribution in [0, 0.1) is 5.82 Å². The zero-order valence-corrected chi connectivity index (χ0v) is 9.26. The van der Waals surface area contributed by atoms with E-state index in [4.69, 9.17) is 0 Å². The summed E-state index contributed by atoms with van der Waals surface area (Å²) in [5.74, 6) is -0.313. The third-order valence-corrected chi connectivity index (χ3v) is 3.14. The molecule has 1 aliphatic rings. The molecule has 1 heterocycles. The predicted molar refractivity (Wildman–Crippen MR) is 60.5 cm³/mol. The highest BCUT2D eigenvalue weighted by molar-refractivity contribution is 5.18. The second kappa shape index (κ2) is 5.39. The number of hydrogen-bond acceptors (Lipinski definition) is 1. The van der Waals surface area contributed by atoms with Gasteiger partial charge >= 0.3 is 0 Å². The topological polar surface area (TPSA) is 12.0 Å². The van der Waals surface area contributed by atoms with Crippen molar-refractivity contribution >= 4 is 0 Å². The molecule has 0 radical (unpaired) electrons. The number of piperidine rings is 1. The van der Waals surface area contributed by atoms with Crippen LogP contribution in [0.3, 0.4) is 0 Å². The molecule has 1 aromatic rings. The molecule has 88 valence electrons. The van der Waals surface area contributed by atoms with E-state index in [1.807, 2.05) is 0 Å². The Morgan fingerprint density at radius 2 is 2.00 bits per heavy atom. The third-order valence-electron chi connectivity index (χ3n) is 3.14. The Balaban J connectivity index is 1.91. The first-order valence-corrected chi connectivity index (χ1v) is 5.88. The van der Waals surface area contributed by atoms with Crippen molar-refractivity contribution in [2.24, 2.45) is 0 Å². The summed E-state index contributed by atoms with van der Waals surface area (Å²) in [6.07, 6.45) is 2.90. The summed E-state index contributed by atoms with van der Waals surface area (Å²) in [5.41, 5.74) is 0.578. The van der Waals surface area contributed by atoms with Crippen LogP contribution in [0.1, 0.15) is 37.4 Å². The zero-order chi connectivity index (χ0) is 11.4. The molecule has 2 unspecified atom stereocenters. The van der Waals surface area contributed by atoms with Crippen molar-refractivity contribution in [3.05, 3.63) is 35.6 Å². The lowest BCUT2D eigenvalue weighted by molar-refractivity contribution is 0.260. The minimum absolute atomic E-state index is 0.272. The smallest absolute Gasteiger partial charge is 0.127 e. The second-order valence-electron chi connectivity index (χ2n) is 4.40. The summed E-state index contributed by atoms with van der Waals surface area (Å²) in [6, 6.07) is 5.96. The Morgan fingerprint density at radius 3 is 2.62 bits per heavy atom. The van der Waals surface area contributed by atoms with Gasteiger partial charge in [0.1, 0.15) is 12.0 Å². The van der Waals surface area contributed by atoms with Crippen LogP contribution in [-0.4, -0.2) is 12.6 Å². The van der Waals surface area contributed by atoms with Crippen molar-refractivity contribution in [2.45, 2.75) is 37.9 Å². The zero-order valence-electron chi connectivity index (χ0n) is 9.26. The minimum Gasteiger partial charge on any atom is -0.314 e. The maximum Gasteiger partial charge on any atom is 0.127 e. The molecule has 2 rings (SSSR count). The van der Waals surface area contributed by atoms with Gasteiger partial charge in [0.15, 0.2) is 0 Å². The summed E-state index contributed by atoms with van der Waals surface area (Å²) in [7, 11) is 0. The lowest BCUT2D eigenvalue weighted by Gasteiger charge is -2.24. The first kappa shape index (κ1) is 11.5. The van der Waals surface area contributed by atoms with E-state index in [2.05, 4.69) is 5.32 Å². The quantitative estimate of drug-likeness (QED) is 0.831. The van der Waals surface area contributed by atoms with Gasteiger partial charge in [-0.05, 0) is 43.5 Å². The number of rotatable bonds is 3. The van der Waals surface area contributed by atoms with Crippen LogP contribution in [0.4, 0.5) is 8.78 Å². The fraction of sp³-hybridized carbons (Fsp3) is 0.538. The van der Waals surface area contributed by atoms with Crippen molar-refractivity contribution < 1.29 is 8.78 Å². The Kier molecular flexibility index (Phi) is 3.88. The molecule has 1 fully saturated rings. The van der Waals surface area contributed by atoms with Crippen molar-refractivity contribution in [2.75, 3.05) is 6.54 Å². The SMILES string of the molecule is Fc1ccc(C(F)CC2CCCCN2)cc1. The van der Waals surface area contributed by atoms with E-state index in [1.165, 1.54) is 37.1 Å². The first-order valence-electron chi connectivity index (χ1n) is 5.88. The molecule has 0 aromatic heterocycles. The third kappa shape index (κ3) is 3.01. The Hall–Kier alpha value is -0.960. The van der Waals surface area contributed by atoms with E-state index in [0.29, 0.717) is 12.0 Å². The summed E-state index contributed by atoms with van der Waals surface area (Å²) >= 11 is 0. The fourth-order valence-corrected chi connectivity index (χ4v) is 2.18. The van der Waals surface area contributed by atoms with E-state index in [0.717, 1.165) is 13.0 Å². The molecule has 0 spiro atoms. The van der Waals surface area contributed by atoms with Gasteiger partial charge < -0.3 is 5.32 Å². The molecule has 2 atom stereocenters. The van der Waals surface area contributed by atoms with E-state index < -0.39 is 6.17 Å². The van der Waals surface area contributed by atoms with Crippen molar-refractivity contribution in [3.8, 4) is 0 Å². The van der Waals surface area contributed by atoms with Crippen molar-refractivity contribution in [1.29, 1.82) is 0 Å². The lowest BCUT2D eigenvalue weighted by Crippen LogP contribution is -2.34. The van der Waals surface area contributed by atoms with Crippen molar-refractivity contribution in [1.82, 2.24) is 5.32 Å². The largest absolute Gasteiger partial charge is 0.314 e. The molecular formula is C13H17F2N. The van der Waals surface area contributed by atoms with Crippen LogP contribution in [0.5, 0.6) is 0 Å². The molecule has 0 aliphatic carbocycles. The molecule has 0 amide bonds. The highest BCUT2D eigenvalue weighted by Crippen LogP contribution is 2.25. The van der Waals surface area contributed by atoms with E-state index in [9.17, 15) is 8.78 Å². The second-order valence-corrected chi connectivity index (χ2v) is 4.40. The normalized spacial score (nSPS) is 23.0.